The molecule has 0 spiro atoms. The Morgan fingerprint density at radius 2 is 1.84 bits per heavy atom. The number of aliphatic carboxylic acids is 1. The summed E-state index contributed by atoms with van der Waals surface area (Å²) in [4.78, 5) is 39.5. The summed E-state index contributed by atoms with van der Waals surface area (Å²) in [6, 6.07) is 3.96. The fraction of sp³-hybridized carbons (Fsp3) is 0.409. The number of hydrogen-bond acceptors (Lipinski definition) is 4. The molecule has 1 aromatic carbocycles. The molecule has 0 bridgehead atoms. The van der Waals surface area contributed by atoms with Crippen LogP contribution in [0.25, 0.3) is 0 Å². The first-order chi connectivity index (χ1) is 14.9. The lowest BCUT2D eigenvalue weighted by Crippen LogP contribution is -2.54. The molecule has 10 heteroatoms. The van der Waals surface area contributed by atoms with Crippen LogP contribution in [0.2, 0.25) is 0 Å². The summed E-state index contributed by atoms with van der Waals surface area (Å²) in [5.41, 5.74) is 3.11. The highest BCUT2D eigenvalue weighted by Crippen LogP contribution is 2.50. The second-order valence-corrected chi connectivity index (χ2v) is 8.40. The lowest BCUT2D eigenvalue weighted by Gasteiger charge is -2.39. The van der Waals surface area contributed by atoms with E-state index in [0.29, 0.717) is 5.56 Å². The molecule has 1 aliphatic heterocycles. The number of nitrogens with two attached hydrogens (primary N) is 1. The minimum atomic E-state index is -4.59. The summed E-state index contributed by atoms with van der Waals surface area (Å²) in [5, 5.41) is 10.2. The van der Waals surface area contributed by atoms with Crippen LogP contribution < -0.4 is 5.73 Å². The van der Waals surface area contributed by atoms with Gasteiger partial charge in [0, 0.05) is 11.1 Å². The molecule has 172 valence electrons. The lowest BCUT2D eigenvalue weighted by atomic mass is 9.83. The maximum absolute atomic E-state index is 13.6. The van der Waals surface area contributed by atoms with Crippen LogP contribution in [-0.4, -0.2) is 33.3 Å². The smallest absolute Gasteiger partial charge is 0.416 e. The maximum atomic E-state index is 13.6. The van der Waals surface area contributed by atoms with Gasteiger partial charge in [0.25, 0.3) is 5.91 Å². The zero-order chi connectivity index (χ0) is 23.8. The van der Waals surface area contributed by atoms with Crippen LogP contribution in [-0.2, 0) is 15.8 Å². The van der Waals surface area contributed by atoms with E-state index in [1.807, 2.05) is 0 Å². The lowest BCUT2D eigenvalue weighted by molar-refractivity contribution is -0.150. The van der Waals surface area contributed by atoms with Gasteiger partial charge in [0.1, 0.15) is 5.54 Å². The highest BCUT2D eigenvalue weighted by atomic mass is 19.4. The molecular formula is C22H23F3N2O5. The van der Waals surface area contributed by atoms with Gasteiger partial charge in [0.2, 0.25) is 5.91 Å². The summed E-state index contributed by atoms with van der Waals surface area (Å²) in [6.45, 7) is 3.55. The maximum Gasteiger partial charge on any atom is 0.416 e. The van der Waals surface area contributed by atoms with Crippen molar-refractivity contribution in [1.82, 2.24) is 4.90 Å². The van der Waals surface area contributed by atoms with Crippen LogP contribution in [0.15, 0.2) is 47.3 Å². The zero-order valence-corrected chi connectivity index (χ0v) is 17.4. The Morgan fingerprint density at radius 3 is 2.28 bits per heavy atom. The fourth-order valence-electron chi connectivity index (χ4n) is 4.50. The van der Waals surface area contributed by atoms with Gasteiger partial charge in [-0.3, -0.25) is 9.59 Å². The largest absolute Gasteiger partial charge is 0.479 e. The molecule has 3 N–H and O–H groups in total. The minimum Gasteiger partial charge on any atom is -0.479 e. The molecule has 1 aliphatic rings. The normalized spacial score (nSPS) is 23.5. The predicted octanol–water partition coefficient (Wildman–Crippen LogP) is 3.86. The number of primary amides is 1. The third-order valence-electron chi connectivity index (χ3n) is 5.75. The monoisotopic (exact) mass is 452 g/mol. The molecule has 3 unspecified atom stereocenters. The van der Waals surface area contributed by atoms with Crippen molar-refractivity contribution >= 4 is 17.8 Å². The van der Waals surface area contributed by atoms with Gasteiger partial charge in [-0.1, -0.05) is 13.8 Å². The highest BCUT2D eigenvalue weighted by Gasteiger charge is 2.60. The number of likely N-dealkylation sites (tertiary alicyclic amines) is 1. The summed E-state index contributed by atoms with van der Waals surface area (Å²) in [7, 11) is 0. The first kappa shape index (κ1) is 23.4. The SMILES string of the molecule is CC(C)CC1(C(=O)O)CC(C(N)=O)C(c2ccoc2)N1C(=O)c1ccc(C(F)(F)F)cc1. The van der Waals surface area contributed by atoms with E-state index in [1.165, 1.54) is 18.6 Å². The molecular weight excluding hydrogens is 429 g/mol. The molecule has 7 nitrogen and oxygen atoms in total. The van der Waals surface area contributed by atoms with E-state index in [1.54, 1.807) is 13.8 Å². The van der Waals surface area contributed by atoms with Crippen LogP contribution in [0.1, 0.15) is 54.2 Å². The predicted molar refractivity (Wildman–Crippen MR) is 106 cm³/mol. The van der Waals surface area contributed by atoms with E-state index in [2.05, 4.69) is 0 Å². The zero-order valence-electron chi connectivity index (χ0n) is 17.4. The van der Waals surface area contributed by atoms with Crippen LogP contribution in [0.3, 0.4) is 0 Å². The van der Waals surface area contributed by atoms with Gasteiger partial charge in [-0.05, 0) is 49.1 Å². The van der Waals surface area contributed by atoms with Gasteiger partial charge >= 0.3 is 12.1 Å². The number of carbonyl (C=O) groups is 3. The topological polar surface area (TPSA) is 114 Å². The second-order valence-electron chi connectivity index (χ2n) is 8.40. The molecule has 2 heterocycles. The van der Waals surface area contributed by atoms with Crippen molar-refractivity contribution < 1.29 is 37.1 Å². The minimum absolute atomic E-state index is 0.0207. The molecule has 0 saturated carbocycles. The molecule has 2 aromatic rings. The number of carbonyl (C=O) groups excluding carboxylic acids is 2. The Balaban J connectivity index is 2.17. The quantitative estimate of drug-likeness (QED) is 0.691. The van der Waals surface area contributed by atoms with Gasteiger partial charge in [-0.2, -0.15) is 13.2 Å². The van der Waals surface area contributed by atoms with Crippen molar-refractivity contribution in [2.24, 2.45) is 17.6 Å². The average molecular weight is 452 g/mol. The van der Waals surface area contributed by atoms with Crippen molar-refractivity contribution in [3.05, 3.63) is 59.5 Å². The number of rotatable bonds is 6. The van der Waals surface area contributed by atoms with E-state index in [9.17, 15) is 32.7 Å². The summed E-state index contributed by atoms with van der Waals surface area (Å²) >= 11 is 0. The molecule has 0 aliphatic carbocycles. The Hall–Kier alpha value is -3.30. The van der Waals surface area contributed by atoms with Gasteiger partial charge in [-0.15, -0.1) is 0 Å². The number of benzene rings is 1. The van der Waals surface area contributed by atoms with E-state index in [-0.39, 0.29) is 24.3 Å². The third kappa shape index (κ3) is 4.09. The highest BCUT2D eigenvalue weighted by molar-refractivity contribution is 6.00. The Morgan fingerprint density at radius 1 is 1.22 bits per heavy atom. The van der Waals surface area contributed by atoms with Crippen LogP contribution in [0, 0.1) is 11.8 Å². The van der Waals surface area contributed by atoms with Crippen LogP contribution in [0.5, 0.6) is 0 Å². The fourth-order valence-corrected chi connectivity index (χ4v) is 4.50. The standard InChI is InChI=1S/C22H23F3N2O5/c1-12(2)9-21(20(30)31)10-16(18(26)28)17(14-7-8-32-11-14)27(21)19(29)13-3-5-15(6-4-13)22(23,24)25/h3-8,11-12,16-17H,9-10H2,1-2H3,(H2,26,28)(H,30,31). The van der Waals surface area contributed by atoms with Crippen molar-refractivity contribution in [3.8, 4) is 0 Å². The molecule has 3 rings (SSSR count). The van der Waals surface area contributed by atoms with Crippen molar-refractivity contribution in [2.75, 3.05) is 0 Å². The van der Waals surface area contributed by atoms with Crippen molar-refractivity contribution in [1.29, 1.82) is 0 Å². The van der Waals surface area contributed by atoms with E-state index >= 15 is 0 Å². The van der Waals surface area contributed by atoms with Crippen molar-refractivity contribution in [2.45, 2.75) is 44.4 Å². The molecule has 3 atom stereocenters. The van der Waals surface area contributed by atoms with E-state index in [0.717, 1.165) is 29.2 Å². The third-order valence-corrected chi connectivity index (χ3v) is 5.75. The number of hydrogen-bond donors (Lipinski definition) is 2. The molecule has 1 aromatic heterocycles. The Kier molecular flexibility index (Phi) is 6.08. The number of halogens is 3. The van der Waals surface area contributed by atoms with Crippen molar-refractivity contribution in [3.63, 3.8) is 0 Å². The summed E-state index contributed by atoms with van der Waals surface area (Å²) in [6.07, 6.45) is -2.18. The number of amides is 2. The summed E-state index contributed by atoms with van der Waals surface area (Å²) in [5.74, 6) is -4.11. The van der Waals surface area contributed by atoms with Crippen LogP contribution in [0.4, 0.5) is 13.2 Å². The molecule has 32 heavy (non-hydrogen) atoms. The van der Waals surface area contributed by atoms with E-state index in [4.69, 9.17) is 10.2 Å². The second kappa shape index (κ2) is 8.33. The van der Waals surface area contributed by atoms with Gasteiger partial charge in [0.05, 0.1) is 30.0 Å². The molecule has 2 amide bonds. The Labute approximate surface area is 182 Å². The van der Waals surface area contributed by atoms with Gasteiger partial charge in [0.15, 0.2) is 0 Å². The molecule has 1 fully saturated rings. The van der Waals surface area contributed by atoms with Gasteiger partial charge < -0.3 is 20.2 Å². The first-order valence-electron chi connectivity index (χ1n) is 9.94. The number of carboxylic acids is 1. The first-order valence-corrected chi connectivity index (χ1v) is 9.94. The number of furan rings is 1. The number of carboxylic acid groups (broad SMARTS) is 1. The van der Waals surface area contributed by atoms with Crippen LogP contribution >= 0.6 is 0 Å². The Bertz CT molecular complexity index is 1000. The molecule has 1 saturated heterocycles. The average Bonchev–Trinajstić information content (AvgIpc) is 3.33. The summed E-state index contributed by atoms with van der Waals surface area (Å²) < 4.78 is 43.9. The molecule has 0 radical (unpaired) electrons. The number of nitrogens with zero attached hydrogens (tertiary/aromatic N) is 1. The number of alkyl halides is 3. The van der Waals surface area contributed by atoms with Gasteiger partial charge in [-0.25, -0.2) is 4.79 Å². The van der Waals surface area contributed by atoms with E-state index < -0.39 is 47.0 Å².